The van der Waals surface area contributed by atoms with Crippen molar-refractivity contribution in [2.75, 3.05) is 13.7 Å². The zero-order valence-electron chi connectivity index (χ0n) is 12.0. The van der Waals surface area contributed by atoms with Crippen molar-refractivity contribution in [2.45, 2.75) is 19.9 Å². The first-order valence-electron chi connectivity index (χ1n) is 6.66. The molecule has 20 heavy (non-hydrogen) atoms. The summed E-state index contributed by atoms with van der Waals surface area (Å²) in [4.78, 5) is 4.16. The molecule has 2 aromatic rings. The number of nitrogens with one attached hydrogen (secondary N) is 1. The van der Waals surface area contributed by atoms with Gasteiger partial charge in [-0.2, -0.15) is 0 Å². The van der Waals surface area contributed by atoms with Crippen LogP contribution in [0.3, 0.4) is 0 Å². The second-order valence-electron chi connectivity index (χ2n) is 4.63. The lowest BCUT2D eigenvalue weighted by Gasteiger charge is -2.18. The molecule has 106 valence electrons. The van der Waals surface area contributed by atoms with Crippen molar-refractivity contribution < 1.29 is 9.13 Å². The van der Waals surface area contributed by atoms with E-state index >= 15 is 0 Å². The van der Waals surface area contributed by atoms with E-state index in [0.717, 1.165) is 11.1 Å². The lowest BCUT2D eigenvalue weighted by atomic mass is 9.98. The summed E-state index contributed by atoms with van der Waals surface area (Å²) in [5.74, 6) is 0.476. The number of hydrogen-bond acceptors (Lipinski definition) is 3. The van der Waals surface area contributed by atoms with Crippen LogP contribution in [0.15, 0.2) is 36.7 Å². The summed E-state index contributed by atoms with van der Waals surface area (Å²) in [6, 6.07) is 6.89. The maximum atomic E-state index is 14.1. The number of rotatable bonds is 5. The predicted octanol–water partition coefficient (Wildman–Crippen LogP) is 3.24. The van der Waals surface area contributed by atoms with Crippen molar-refractivity contribution in [3.63, 3.8) is 0 Å². The van der Waals surface area contributed by atoms with Crippen LogP contribution in [0, 0.1) is 12.7 Å². The third-order valence-corrected chi connectivity index (χ3v) is 3.13. The molecule has 0 saturated carbocycles. The van der Waals surface area contributed by atoms with Gasteiger partial charge in [0.15, 0.2) is 0 Å². The number of hydrogen-bond donors (Lipinski definition) is 1. The van der Waals surface area contributed by atoms with E-state index in [-0.39, 0.29) is 11.9 Å². The van der Waals surface area contributed by atoms with Crippen LogP contribution < -0.4 is 10.1 Å². The molecule has 3 nitrogen and oxygen atoms in total. The van der Waals surface area contributed by atoms with Gasteiger partial charge >= 0.3 is 0 Å². The van der Waals surface area contributed by atoms with E-state index in [1.165, 1.54) is 0 Å². The van der Waals surface area contributed by atoms with E-state index < -0.39 is 0 Å². The molecule has 1 aromatic carbocycles. The van der Waals surface area contributed by atoms with Crippen molar-refractivity contribution in [1.29, 1.82) is 0 Å². The summed E-state index contributed by atoms with van der Waals surface area (Å²) >= 11 is 0. The van der Waals surface area contributed by atoms with Crippen LogP contribution in [0.2, 0.25) is 0 Å². The highest BCUT2D eigenvalue weighted by atomic mass is 19.1. The number of ether oxygens (including phenoxy) is 1. The van der Waals surface area contributed by atoms with Crippen LogP contribution in [0.4, 0.5) is 4.39 Å². The molecule has 1 N–H and O–H groups in total. The Morgan fingerprint density at radius 2 is 2.10 bits per heavy atom. The SMILES string of the molecule is CCOc1cncc(C(NC)c2ccc(C)cc2F)c1. The van der Waals surface area contributed by atoms with Gasteiger partial charge in [-0.1, -0.05) is 12.1 Å². The van der Waals surface area contributed by atoms with E-state index in [1.807, 2.05) is 26.0 Å². The third-order valence-electron chi connectivity index (χ3n) is 3.13. The molecular formula is C16H19FN2O. The van der Waals surface area contributed by atoms with E-state index in [9.17, 15) is 4.39 Å². The van der Waals surface area contributed by atoms with Crippen molar-refractivity contribution in [2.24, 2.45) is 0 Å². The first-order chi connectivity index (χ1) is 9.65. The lowest BCUT2D eigenvalue weighted by molar-refractivity contribution is 0.338. The first kappa shape index (κ1) is 14.5. The number of aromatic nitrogens is 1. The van der Waals surface area contributed by atoms with Gasteiger partial charge in [0, 0.05) is 11.8 Å². The first-order valence-corrected chi connectivity index (χ1v) is 6.66. The number of benzene rings is 1. The normalized spacial score (nSPS) is 12.2. The minimum absolute atomic E-state index is 0.217. The van der Waals surface area contributed by atoms with Crippen LogP contribution in [-0.2, 0) is 0 Å². The minimum atomic E-state index is -0.247. The van der Waals surface area contributed by atoms with E-state index in [2.05, 4.69) is 10.3 Å². The zero-order valence-corrected chi connectivity index (χ0v) is 12.0. The maximum absolute atomic E-state index is 14.1. The molecule has 1 heterocycles. The summed E-state index contributed by atoms with van der Waals surface area (Å²) in [5.41, 5.74) is 2.39. The van der Waals surface area contributed by atoms with Crippen LogP contribution in [0.25, 0.3) is 0 Å². The van der Waals surface area contributed by atoms with Crippen LogP contribution >= 0.6 is 0 Å². The highest BCUT2D eigenvalue weighted by molar-refractivity contribution is 5.36. The molecule has 0 saturated heterocycles. The molecule has 1 aromatic heterocycles. The summed E-state index contributed by atoms with van der Waals surface area (Å²) in [7, 11) is 1.80. The number of nitrogens with zero attached hydrogens (tertiary/aromatic N) is 1. The van der Waals surface area contributed by atoms with E-state index in [0.29, 0.717) is 17.9 Å². The molecule has 0 amide bonds. The van der Waals surface area contributed by atoms with E-state index in [1.54, 1.807) is 31.6 Å². The highest BCUT2D eigenvalue weighted by Gasteiger charge is 2.17. The maximum Gasteiger partial charge on any atom is 0.137 e. The predicted molar refractivity (Wildman–Crippen MR) is 77.4 cm³/mol. The van der Waals surface area contributed by atoms with Crippen LogP contribution in [0.5, 0.6) is 5.75 Å². The molecule has 4 heteroatoms. The van der Waals surface area contributed by atoms with Gasteiger partial charge < -0.3 is 10.1 Å². The second-order valence-corrected chi connectivity index (χ2v) is 4.63. The molecule has 1 atom stereocenters. The molecular weight excluding hydrogens is 255 g/mol. The fraction of sp³-hybridized carbons (Fsp3) is 0.312. The molecule has 0 aliphatic carbocycles. The van der Waals surface area contributed by atoms with E-state index in [4.69, 9.17) is 4.74 Å². The van der Waals surface area contributed by atoms with Crippen molar-refractivity contribution in [1.82, 2.24) is 10.3 Å². The summed E-state index contributed by atoms with van der Waals surface area (Å²) in [6.45, 7) is 4.37. The topological polar surface area (TPSA) is 34.1 Å². The molecule has 1 unspecified atom stereocenters. The minimum Gasteiger partial charge on any atom is -0.492 e. The van der Waals surface area contributed by atoms with Gasteiger partial charge in [-0.25, -0.2) is 4.39 Å². The van der Waals surface area contributed by atoms with Gasteiger partial charge in [0.05, 0.1) is 18.8 Å². The van der Waals surface area contributed by atoms with Gasteiger partial charge in [-0.15, -0.1) is 0 Å². The fourth-order valence-corrected chi connectivity index (χ4v) is 2.21. The van der Waals surface area contributed by atoms with Gasteiger partial charge in [0.1, 0.15) is 11.6 Å². The summed E-state index contributed by atoms with van der Waals surface area (Å²) in [5, 5.41) is 3.13. The average molecular weight is 274 g/mol. The van der Waals surface area contributed by atoms with Crippen LogP contribution in [-0.4, -0.2) is 18.6 Å². The van der Waals surface area contributed by atoms with Gasteiger partial charge in [0.2, 0.25) is 0 Å². The quantitative estimate of drug-likeness (QED) is 0.909. The van der Waals surface area contributed by atoms with Gasteiger partial charge in [-0.3, -0.25) is 4.98 Å². The molecule has 0 aliphatic rings. The Hall–Kier alpha value is -1.94. The largest absolute Gasteiger partial charge is 0.492 e. The van der Waals surface area contributed by atoms with Crippen molar-refractivity contribution in [3.05, 3.63) is 59.2 Å². The van der Waals surface area contributed by atoms with Crippen molar-refractivity contribution in [3.8, 4) is 5.75 Å². The Morgan fingerprint density at radius 1 is 1.30 bits per heavy atom. The van der Waals surface area contributed by atoms with Gasteiger partial charge in [0.25, 0.3) is 0 Å². The van der Waals surface area contributed by atoms with Crippen molar-refractivity contribution >= 4 is 0 Å². The third kappa shape index (κ3) is 3.14. The number of aryl methyl sites for hydroxylation is 1. The lowest BCUT2D eigenvalue weighted by Crippen LogP contribution is -2.19. The molecule has 2 rings (SSSR count). The number of pyridine rings is 1. The fourth-order valence-electron chi connectivity index (χ4n) is 2.21. The zero-order chi connectivity index (χ0) is 14.5. The number of halogens is 1. The monoisotopic (exact) mass is 274 g/mol. The molecule has 0 fully saturated rings. The molecule has 0 bridgehead atoms. The Kier molecular flexibility index (Phi) is 4.69. The summed E-state index contributed by atoms with van der Waals surface area (Å²) < 4.78 is 19.6. The Balaban J connectivity index is 2.38. The summed E-state index contributed by atoms with van der Waals surface area (Å²) in [6.07, 6.45) is 3.38. The average Bonchev–Trinajstić information content (AvgIpc) is 2.43. The highest BCUT2D eigenvalue weighted by Crippen LogP contribution is 2.26. The molecule has 0 aliphatic heterocycles. The van der Waals surface area contributed by atoms with Gasteiger partial charge in [-0.05, 0) is 44.2 Å². The Labute approximate surface area is 118 Å². The smallest absolute Gasteiger partial charge is 0.137 e. The second kappa shape index (κ2) is 6.48. The van der Waals surface area contributed by atoms with Crippen LogP contribution in [0.1, 0.15) is 29.7 Å². The molecule has 0 radical (unpaired) electrons. The standard InChI is InChI=1S/C16H19FN2O/c1-4-20-13-8-12(9-19-10-13)16(18-3)14-6-5-11(2)7-15(14)17/h5-10,16,18H,4H2,1-3H3. The Bertz CT molecular complexity index is 586. The Morgan fingerprint density at radius 3 is 2.75 bits per heavy atom. The molecule has 0 spiro atoms.